The van der Waals surface area contributed by atoms with Gasteiger partial charge in [-0.05, 0) is 25.2 Å². The fourth-order valence-corrected chi connectivity index (χ4v) is 1.80. The quantitative estimate of drug-likeness (QED) is 0.894. The van der Waals surface area contributed by atoms with Crippen LogP contribution in [0.4, 0.5) is 8.78 Å². The highest BCUT2D eigenvalue weighted by Gasteiger charge is 2.12. The van der Waals surface area contributed by atoms with Crippen molar-refractivity contribution in [2.75, 3.05) is 20.2 Å². The van der Waals surface area contributed by atoms with Gasteiger partial charge in [0.1, 0.15) is 5.69 Å². The van der Waals surface area contributed by atoms with Crippen LogP contribution in [0.3, 0.4) is 0 Å². The number of hydrogen-bond acceptors (Lipinski definition) is 3. The van der Waals surface area contributed by atoms with Crippen molar-refractivity contribution in [2.45, 2.75) is 6.54 Å². The highest BCUT2D eigenvalue weighted by Crippen LogP contribution is 2.17. The first-order valence-corrected chi connectivity index (χ1v) is 5.90. The number of aliphatic hydroxyl groups is 1. The molecule has 0 amide bonds. The van der Waals surface area contributed by atoms with Gasteiger partial charge in [-0.1, -0.05) is 6.07 Å². The third kappa shape index (κ3) is 3.15. The third-order valence-electron chi connectivity index (χ3n) is 2.72. The molecule has 0 unspecified atom stereocenters. The predicted octanol–water partition coefficient (Wildman–Crippen LogP) is 1.57. The summed E-state index contributed by atoms with van der Waals surface area (Å²) in [7, 11) is 1.83. The van der Waals surface area contributed by atoms with Gasteiger partial charge in [-0.3, -0.25) is 4.90 Å². The van der Waals surface area contributed by atoms with Gasteiger partial charge in [-0.15, -0.1) is 0 Å². The van der Waals surface area contributed by atoms with Crippen molar-refractivity contribution in [1.82, 2.24) is 14.7 Å². The number of aliphatic hydroxyl groups excluding tert-OH is 1. The largest absolute Gasteiger partial charge is 0.395 e. The fraction of sp³-hybridized carbons (Fsp3) is 0.308. The van der Waals surface area contributed by atoms with Crippen molar-refractivity contribution in [1.29, 1.82) is 0 Å². The van der Waals surface area contributed by atoms with Crippen molar-refractivity contribution >= 4 is 0 Å². The Balaban J connectivity index is 2.21. The van der Waals surface area contributed by atoms with E-state index in [1.54, 1.807) is 6.07 Å². The Morgan fingerprint density at radius 3 is 2.58 bits per heavy atom. The number of hydrogen-bond donors (Lipinski definition) is 1. The van der Waals surface area contributed by atoms with Gasteiger partial charge in [0.25, 0.3) is 0 Å². The topological polar surface area (TPSA) is 41.3 Å². The molecule has 0 radical (unpaired) electrons. The van der Waals surface area contributed by atoms with Gasteiger partial charge in [-0.25, -0.2) is 13.5 Å². The lowest BCUT2D eigenvalue weighted by molar-refractivity contribution is 0.216. The first-order chi connectivity index (χ1) is 9.11. The van der Waals surface area contributed by atoms with E-state index in [-0.39, 0.29) is 12.3 Å². The van der Waals surface area contributed by atoms with Crippen molar-refractivity contribution in [2.24, 2.45) is 0 Å². The molecule has 2 rings (SSSR count). The number of likely N-dealkylation sites (N-methyl/N-ethyl adjacent to an activating group) is 1. The second kappa shape index (κ2) is 5.90. The Bertz CT molecular complexity index is 536. The number of para-hydroxylation sites is 1. The number of benzene rings is 1. The average molecular weight is 267 g/mol. The Morgan fingerprint density at radius 2 is 1.95 bits per heavy atom. The number of aromatic nitrogens is 2. The van der Waals surface area contributed by atoms with E-state index in [4.69, 9.17) is 5.11 Å². The number of rotatable bonds is 5. The van der Waals surface area contributed by atoms with Gasteiger partial charge < -0.3 is 5.11 Å². The van der Waals surface area contributed by atoms with Gasteiger partial charge in [0, 0.05) is 19.3 Å². The van der Waals surface area contributed by atoms with E-state index in [1.165, 1.54) is 29.1 Å². The van der Waals surface area contributed by atoms with E-state index < -0.39 is 11.6 Å². The van der Waals surface area contributed by atoms with Gasteiger partial charge in [0.05, 0.1) is 12.3 Å². The summed E-state index contributed by atoms with van der Waals surface area (Å²) in [6.45, 7) is 1.07. The second-order valence-electron chi connectivity index (χ2n) is 4.28. The summed E-state index contributed by atoms with van der Waals surface area (Å²) in [6, 6.07) is 5.39. The Hall–Kier alpha value is -1.79. The van der Waals surface area contributed by atoms with Crippen molar-refractivity contribution in [3.05, 3.63) is 47.8 Å². The van der Waals surface area contributed by atoms with Crippen LogP contribution in [0.5, 0.6) is 0 Å². The molecule has 0 saturated carbocycles. The molecule has 2 aromatic rings. The molecular formula is C13H15F2N3O. The molecule has 0 spiro atoms. The first kappa shape index (κ1) is 13.6. The van der Waals surface area contributed by atoms with E-state index >= 15 is 0 Å². The maximum Gasteiger partial charge on any atom is 0.151 e. The summed E-state index contributed by atoms with van der Waals surface area (Å²) in [6.07, 6.45) is 1.52. The molecule has 102 valence electrons. The van der Waals surface area contributed by atoms with E-state index in [1.807, 2.05) is 11.9 Å². The molecule has 1 aromatic carbocycles. The van der Waals surface area contributed by atoms with Gasteiger partial charge in [0.15, 0.2) is 11.6 Å². The maximum absolute atomic E-state index is 13.6. The van der Waals surface area contributed by atoms with Crippen molar-refractivity contribution in [3.8, 4) is 5.69 Å². The molecule has 0 bridgehead atoms. The minimum atomic E-state index is -0.654. The van der Waals surface area contributed by atoms with Crippen LogP contribution < -0.4 is 0 Å². The molecule has 0 fully saturated rings. The average Bonchev–Trinajstić information content (AvgIpc) is 2.77. The van der Waals surface area contributed by atoms with E-state index in [0.717, 1.165) is 0 Å². The van der Waals surface area contributed by atoms with Gasteiger partial charge in [0.2, 0.25) is 0 Å². The van der Waals surface area contributed by atoms with Crippen molar-refractivity contribution < 1.29 is 13.9 Å². The molecular weight excluding hydrogens is 252 g/mol. The van der Waals surface area contributed by atoms with E-state index in [2.05, 4.69) is 5.10 Å². The number of halogens is 2. The minimum absolute atomic E-state index is 0.0547. The molecule has 0 aliphatic rings. The molecule has 4 nitrogen and oxygen atoms in total. The van der Waals surface area contributed by atoms with E-state index in [9.17, 15) is 8.78 Å². The summed E-state index contributed by atoms with van der Waals surface area (Å²) in [5, 5.41) is 12.9. The van der Waals surface area contributed by atoms with Crippen LogP contribution in [0.2, 0.25) is 0 Å². The fourth-order valence-electron chi connectivity index (χ4n) is 1.80. The van der Waals surface area contributed by atoms with Gasteiger partial charge >= 0.3 is 0 Å². The standard InChI is InChI=1S/C13H15F2N3O/c1-17(7-8-19)9-10-5-6-18(16-10)13-11(14)3-2-4-12(13)15/h2-6,19H,7-9H2,1H3. The second-order valence-corrected chi connectivity index (χ2v) is 4.28. The van der Waals surface area contributed by atoms with Crippen LogP contribution in [-0.4, -0.2) is 40.0 Å². The lowest BCUT2D eigenvalue weighted by Crippen LogP contribution is -2.21. The minimum Gasteiger partial charge on any atom is -0.395 e. The van der Waals surface area contributed by atoms with E-state index in [0.29, 0.717) is 18.8 Å². The zero-order valence-electron chi connectivity index (χ0n) is 10.6. The molecule has 19 heavy (non-hydrogen) atoms. The molecule has 1 N–H and O–H groups in total. The molecule has 0 saturated heterocycles. The van der Waals surface area contributed by atoms with Crippen molar-refractivity contribution in [3.63, 3.8) is 0 Å². The predicted molar refractivity (Wildman–Crippen MR) is 66.9 cm³/mol. The zero-order valence-corrected chi connectivity index (χ0v) is 10.6. The van der Waals surface area contributed by atoms with Crippen LogP contribution in [0, 0.1) is 11.6 Å². The Labute approximate surface area is 109 Å². The highest BCUT2D eigenvalue weighted by molar-refractivity contribution is 5.34. The summed E-state index contributed by atoms with van der Waals surface area (Å²) >= 11 is 0. The van der Waals surface area contributed by atoms with Crippen LogP contribution in [-0.2, 0) is 6.54 Å². The Kier molecular flexibility index (Phi) is 4.24. The SMILES string of the molecule is CN(CCO)Cc1ccn(-c2c(F)cccc2F)n1. The van der Waals surface area contributed by atoms with Gasteiger partial charge in [-0.2, -0.15) is 5.10 Å². The lowest BCUT2D eigenvalue weighted by atomic mass is 10.3. The summed E-state index contributed by atoms with van der Waals surface area (Å²) in [5.41, 5.74) is 0.497. The normalized spacial score (nSPS) is 11.2. The van der Waals surface area contributed by atoms with Crippen LogP contribution in [0.1, 0.15) is 5.69 Å². The molecule has 1 heterocycles. The van der Waals surface area contributed by atoms with Crippen LogP contribution >= 0.6 is 0 Å². The summed E-state index contributed by atoms with van der Waals surface area (Å²) in [5.74, 6) is -1.31. The molecule has 0 aliphatic carbocycles. The maximum atomic E-state index is 13.6. The monoisotopic (exact) mass is 267 g/mol. The Morgan fingerprint density at radius 1 is 1.26 bits per heavy atom. The van der Waals surface area contributed by atoms with Crippen LogP contribution in [0.15, 0.2) is 30.5 Å². The smallest absolute Gasteiger partial charge is 0.151 e. The third-order valence-corrected chi connectivity index (χ3v) is 2.72. The lowest BCUT2D eigenvalue weighted by Gasteiger charge is -2.12. The summed E-state index contributed by atoms with van der Waals surface area (Å²) < 4.78 is 28.4. The van der Waals surface area contributed by atoms with Crippen LogP contribution in [0.25, 0.3) is 5.69 Å². The summed E-state index contributed by atoms with van der Waals surface area (Å²) in [4.78, 5) is 1.87. The molecule has 0 aliphatic heterocycles. The first-order valence-electron chi connectivity index (χ1n) is 5.90. The molecule has 0 atom stereocenters. The number of nitrogens with zero attached hydrogens (tertiary/aromatic N) is 3. The zero-order chi connectivity index (χ0) is 13.8. The highest BCUT2D eigenvalue weighted by atomic mass is 19.1. The molecule has 6 heteroatoms. The molecule has 1 aromatic heterocycles.